The molecule has 0 atom stereocenters. The van der Waals surface area contributed by atoms with E-state index in [2.05, 4.69) is 13.2 Å². The summed E-state index contributed by atoms with van der Waals surface area (Å²) in [4.78, 5) is 18.3. The van der Waals surface area contributed by atoms with E-state index in [1.54, 1.807) is 0 Å². The number of hydrogen-bond acceptors (Lipinski definition) is 4. The largest absolute Gasteiger partial charge is 3.00 e. The van der Waals surface area contributed by atoms with Crippen LogP contribution in [0.4, 0.5) is 0 Å². The predicted octanol–water partition coefficient (Wildman–Crippen LogP) is -2.54. The second-order valence-electron chi connectivity index (χ2n) is 1.05. The van der Waals surface area contributed by atoms with E-state index in [1.807, 2.05) is 0 Å². The maximum absolute atomic E-state index is 9.14. The first-order valence-electron chi connectivity index (χ1n) is 2.21. The molecule has 0 N–H and O–H groups in total. The summed E-state index contributed by atoms with van der Waals surface area (Å²) in [6.07, 6.45) is 1.44. The molecular formula is C6H6BiO4Zn+3. The van der Waals surface area contributed by atoms with Crippen molar-refractivity contribution >= 4 is 38.1 Å². The third-order valence-electron chi connectivity index (χ3n) is 0.333. The van der Waals surface area contributed by atoms with Crippen LogP contribution in [-0.4, -0.2) is 38.1 Å². The molecule has 0 saturated heterocycles. The molecule has 0 saturated carbocycles. The van der Waals surface area contributed by atoms with Gasteiger partial charge in [-0.25, -0.2) is 0 Å². The summed E-state index contributed by atoms with van der Waals surface area (Å²) in [6.45, 7) is 5.80. The van der Waals surface area contributed by atoms with Crippen LogP contribution in [0.3, 0.4) is 0 Å². The molecule has 0 aliphatic rings. The standard InChI is InChI=1S/2C3H4O2.Bi.Zn/c2*1-2-3(4)5;;/h2*2H,1H2,(H,4,5);;/q;;+3;+2/p-2. The molecule has 0 fully saturated rings. The molecule has 2 radical (unpaired) electrons. The monoisotopic (exact) mass is 415 g/mol. The van der Waals surface area contributed by atoms with Crippen molar-refractivity contribution in [2.24, 2.45) is 0 Å². The summed E-state index contributed by atoms with van der Waals surface area (Å²) in [7, 11) is 0. The van der Waals surface area contributed by atoms with Crippen molar-refractivity contribution in [3.05, 3.63) is 25.3 Å². The molecule has 6 heteroatoms. The second-order valence-corrected chi connectivity index (χ2v) is 1.05. The molecule has 58 valence electrons. The zero-order chi connectivity index (χ0) is 8.57. The molecule has 0 unspecified atom stereocenters. The minimum Gasteiger partial charge on any atom is -0.545 e. The number of hydrogen-bond donors (Lipinski definition) is 0. The van der Waals surface area contributed by atoms with Crippen molar-refractivity contribution < 1.29 is 39.3 Å². The maximum Gasteiger partial charge on any atom is 3.00 e. The maximum atomic E-state index is 9.14. The van der Waals surface area contributed by atoms with Crippen molar-refractivity contribution in [3.63, 3.8) is 0 Å². The van der Waals surface area contributed by atoms with Crippen LogP contribution in [0.25, 0.3) is 0 Å². The number of carbonyl (C=O) groups excluding carboxylic acids is 2. The summed E-state index contributed by atoms with van der Waals surface area (Å²) in [5.41, 5.74) is 0. The molecule has 0 aromatic carbocycles. The molecular weight excluding hydrogens is 410 g/mol. The molecule has 0 aromatic heterocycles. The number of rotatable bonds is 2. The molecule has 0 amide bonds. The topological polar surface area (TPSA) is 80.3 Å². The van der Waals surface area contributed by atoms with Crippen LogP contribution < -0.4 is 10.2 Å². The summed E-state index contributed by atoms with van der Waals surface area (Å²) in [5, 5.41) is 18.3. The van der Waals surface area contributed by atoms with Gasteiger partial charge in [-0.3, -0.25) is 0 Å². The van der Waals surface area contributed by atoms with E-state index < -0.39 is 11.9 Å². The molecule has 0 heterocycles. The van der Waals surface area contributed by atoms with Gasteiger partial charge < -0.3 is 19.8 Å². The van der Waals surface area contributed by atoms with Crippen LogP contribution in [0, 0.1) is 0 Å². The van der Waals surface area contributed by atoms with Gasteiger partial charge in [0.05, 0.1) is 11.9 Å². The Hall–Kier alpha value is -0.0735. The average molecular weight is 416 g/mol. The van der Waals surface area contributed by atoms with Crippen LogP contribution in [0.15, 0.2) is 25.3 Å². The van der Waals surface area contributed by atoms with Gasteiger partial charge in [0.2, 0.25) is 0 Å². The van der Waals surface area contributed by atoms with Gasteiger partial charge in [-0.15, -0.1) is 0 Å². The minimum atomic E-state index is -1.23. The Balaban J connectivity index is -0.0000000457. The zero-order valence-corrected chi connectivity index (χ0v) is 12.8. The average Bonchev–Trinajstić information content (AvgIpc) is 1.89. The molecule has 12 heavy (non-hydrogen) atoms. The smallest absolute Gasteiger partial charge is 0.545 e. The third kappa shape index (κ3) is 51.3. The minimum absolute atomic E-state index is 0. The van der Waals surface area contributed by atoms with Gasteiger partial charge in [-0.05, 0) is 12.2 Å². The molecule has 0 rings (SSSR count). The SMILES string of the molecule is C=CC(=O)[O-].C=CC(=O)[O-].[Bi+3].[Zn+2]. The van der Waals surface area contributed by atoms with E-state index >= 15 is 0 Å². The number of carbonyl (C=O) groups is 2. The van der Waals surface area contributed by atoms with E-state index in [1.165, 1.54) is 0 Å². The summed E-state index contributed by atoms with van der Waals surface area (Å²) >= 11 is 0. The Kier molecular flexibility index (Phi) is 32.4. The van der Waals surface area contributed by atoms with Crippen LogP contribution in [0.1, 0.15) is 0 Å². The fourth-order valence-corrected chi connectivity index (χ4v) is 0. The fraction of sp³-hybridized carbons (Fsp3) is 0. The fourth-order valence-electron chi connectivity index (χ4n) is 0. The normalized spacial score (nSPS) is 5.33. The van der Waals surface area contributed by atoms with Crippen LogP contribution in [0.5, 0.6) is 0 Å². The van der Waals surface area contributed by atoms with Gasteiger partial charge in [-0.2, -0.15) is 0 Å². The van der Waals surface area contributed by atoms with Crippen molar-refractivity contribution in [3.8, 4) is 0 Å². The van der Waals surface area contributed by atoms with Gasteiger partial charge in [0.1, 0.15) is 0 Å². The van der Waals surface area contributed by atoms with Gasteiger partial charge in [0.15, 0.2) is 0 Å². The van der Waals surface area contributed by atoms with Gasteiger partial charge in [-0.1, -0.05) is 13.2 Å². The quantitative estimate of drug-likeness (QED) is 0.367. The van der Waals surface area contributed by atoms with Gasteiger partial charge >= 0.3 is 45.7 Å². The Morgan fingerprint density at radius 3 is 1.08 bits per heavy atom. The van der Waals surface area contributed by atoms with Crippen molar-refractivity contribution in [1.82, 2.24) is 0 Å². The van der Waals surface area contributed by atoms with Crippen LogP contribution in [0.2, 0.25) is 0 Å². The second kappa shape index (κ2) is 17.1. The van der Waals surface area contributed by atoms with Crippen molar-refractivity contribution in [1.29, 1.82) is 0 Å². The van der Waals surface area contributed by atoms with E-state index in [-0.39, 0.29) is 45.7 Å². The molecule has 0 spiro atoms. The first-order chi connectivity index (χ1) is 4.54. The van der Waals surface area contributed by atoms with E-state index in [0.29, 0.717) is 0 Å². The first kappa shape index (κ1) is 22.7. The number of carboxylic acid groups (broad SMARTS) is 2. The number of carboxylic acids is 2. The van der Waals surface area contributed by atoms with Crippen molar-refractivity contribution in [2.45, 2.75) is 0 Å². The Morgan fingerprint density at radius 1 is 1.00 bits per heavy atom. The predicted molar refractivity (Wildman–Crippen MR) is 36.2 cm³/mol. The Labute approximate surface area is 102 Å². The van der Waals surface area contributed by atoms with Crippen LogP contribution >= 0.6 is 0 Å². The van der Waals surface area contributed by atoms with E-state index in [9.17, 15) is 0 Å². The third-order valence-corrected chi connectivity index (χ3v) is 0.333. The van der Waals surface area contributed by atoms with E-state index in [4.69, 9.17) is 19.8 Å². The summed E-state index contributed by atoms with van der Waals surface area (Å²) in [5.74, 6) is -2.46. The molecule has 4 nitrogen and oxygen atoms in total. The first-order valence-corrected chi connectivity index (χ1v) is 2.21. The molecule has 0 aromatic rings. The van der Waals surface area contributed by atoms with Crippen LogP contribution in [-0.2, 0) is 29.1 Å². The summed E-state index contributed by atoms with van der Waals surface area (Å²) < 4.78 is 0. The summed E-state index contributed by atoms with van der Waals surface area (Å²) in [6, 6.07) is 0. The van der Waals surface area contributed by atoms with E-state index in [0.717, 1.165) is 12.2 Å². The Morgan fingerprint density at radius 2 is 1.08 bits per heavy atom. The van der Waals surface area contributed by atoms with Gasteiger partial charge in [0.25, 0.3) is 0 Å². The zero-order valence-electron chi connectivity index (χ0n) is 6.36. The number of aliphatic carboxylic acids is 2. The van der Waals surface area contributed by atoms with Crippen molar-refractivity contribution in [2.75, 3.05) is 0 Å². The van der Waals surface area contributed by atoms with Gasteiger partial charge in [0, 0.05) is 0 Å². The Bertz CT molecular complexity index is 140. The molecule has 0 bridgehead atoms. The molecule has 0 aliphatic carbocycles. The molecule has 0 aliphatic heterocycles.